The number of aromatic nitrogens is 3. The zero-order valence-corrected chi connectivity index (χ0v) is 27.2. The number of ether oxygens (including phenoxy) is 1. The van der Waals surface area contributed by atoms with Gasteiger partial charge in [-0.2, -0.15) is 0 Å². The van der Waals surface area contributed by atoms with E-state index in [1.54, 1.807) is 13.0 Å². The SMILES string of the molecule is C=CC1C(=O)NC(Cc2[nH]c(C3c4[nH]c(Cc5[nH]c(C=O)c(C)c5CCO)c(C)c4C(=O)C3C(=O)OC)c(CCC(=O)O)c2C)=C1C. The highest BCUT2D eigenvalue weighted by Gasteiger charge is 2.50. The molecular weight excluding hydrogens is 604 g/mol. The van der Waals surface area contributed by atoms with Crippen molar-refractivity contribution in [1.82, 2.24) is 20.3 Å². The molecule has 1 aliphatic heterocycles. The lowest BCUT2D eigenvalue weighted by Crippen LogP contribution is -2.27. The van der Waals surface area contributed by atoms with E-state index in [0.717, 1.165) is 39.9 Å². The number of hydrogen-bond donors (Lipinski definition) is 6. The first-order valence-corrected chi connectivity index (χ1v) is 15.5. The number of carbonyl (C=O) groups is 5. The number of H-pyrrole nitrogens is 3. The maximum Gasteiger partial charge on any atom is 0.317 e. The number of aliphatic carboxylic acids is 1. The second kappa shape index (κ2) is 13.0. The number of aliphatic hydroxyl groups excluding tert-OH is 1. The second-order valence-corrected chi connectivity index (χ2v) is 12.3. The highest BCUT2D eigenvalue weighted by Crippen LogP contribution is 2.47. The fourth-order valence-electron chi connectivity index (χ4n) is 7.24. The van der Waals surface area contributed by atoms with Crippen LogP contribution in [0.2, 0.25) is 0 Å². The molecule has 6 N–H and O–H groups in total. The molecule has 1 aliphatic carbocycles. The molecule has 1 amide bonds. The molecule has 0 aromatic carbocycles. The van der Waals surface area contributed by atoms with Crippen LogP contribution in [0.1, 0.15) is 96.4 Å². The molecule has 0 fully saturated rings. The predicted octanol–water partition coefficient (Wildman–Crippen LogP) is 3.42. The number of carboxylic acids is 1. The number of carboxylic acid groups (broad SMARTS) is 1. The third-order valence-corrected chi connectivity index (χ3v) is 9.85. The fourth-order valence-corrected chi connectivity index (χ4v) is 7.24. The van der Waals surface area contributed by atoms with E-state index in [0.29, 0.717) is 64.4 Å². The first-order valence-electron chi connectivity index (χ1n) is 15.5. The standard InChI is InChI=1S/C35H40N4O8/c1-7-19-15(2)23(39-34(19)45)12-22-17(4)21(8-9-27(42)43)31(37-22)29-30(35(46)47-6)33(44)28-18(5)24(38-32(28)29)13-25-20(10-11-40)16(3)26(14-41)36-25/h7,14,19,29-30,36-38,40H,1,8-13H2,2-6H3,(H,39,45)(H,42,43). The van der Waals surface area contributed by atoms with E-state index >= 15 is 0 Å². The van der Waals surface area contributed by atoms with Crippen LogP contribution in [0.25, 0.3) is 0 Å². The molecule has 12 nitrogen and oxygen atoms in total. The van der Waals surface area contributed by atoms with Gasteiger partial charge in [0, 0.05) is 65.6 Å². The lowest BCUT2D eigenvalue weighted by molar-refractivity contribution is -0.144. The first kappa shape index (κ1) is 33.4. The van der Waals surface area contributed by atoms with Gasteiger partial charge in [-0.1, -0.05) is 6.08 Å². The van der Waals surface area contributed by atoms with Gasteiger partial charge >= 0.3 is 11.9 Å². The molecule has 3 aromatic rings. The second-order valence-electron chi connectivity index (χ2n) is 12.3. The maximum atomic E-state index is 14.1. The number of aldehydes is 1. The van der Waals surface area contributed by atoms with Crippen molar-refractivity contribution in [2.45, 2.75) is 65.7 Å². The average Bonchev–Trinajstić information content (AvgIpc) is 3.77. The van der Waals surface area contributed by atoms with Gasteiger partial charge in [-0.3, -0.25) is 24.0 Å². The minimum absolute atomic E-state index is 0.104. The number of ketones is 1. The van der Waals surface area contributed by atoms with Gasteiger partial charge < -0.3 is 35.2 Å². The van der Waals surface area contributed by atoms with Crippen LogP contribution in [0.15, 0.2) is 23.9 Å². The predicted molar refractivity (Wildman–Crippen MR) is 171 cm³/mol. The average molecular weight is 645 g/mol. The van der Waals surface area contributed by atoms with Gasteiger partial charge in [0.05, 0.1) is 24.6 Å². The molecule has 12 heteroatoms. The van der Waals surface area contributed by atoms with Gasteiger partial charge in [-0.15, -0.1) is 6.58 Å². The number of aromatic amines is 3. The van der Waals surface area contributed by atoms with Gasteiger partial charge in [0.25, 0.3) is 0 Å². The lowest BCUT2D eigenvalue weighted by Gasteiger charge is -2.19. The van der Waals surface area contributed by atoms with Gasteiger partial charge in [-0.25, -0.2) is 0 Å². The molecule has 0 saturated carbocycles. The Morgan fingerprint density at radius 3 is 2.19 bits per heavy atom. The topological polar surface area (TPSA) is 194 Å². The van der Waals surface area contributed by atoms with Crippen molar-refractivity contribution in [2.24, 2.45) is 11.8 Å². The summed E-state index contributed by atoms with van der Waals surface area (Å²) in [5.74, 6) is -4.76. The molecule has 0 bridgehead atoms. The molecule has 3 atom stereocenters. The van der Waals surface area contributed by atoms with Gasteiger partial charge in [-0.05, 0) is 73.9 Å². The van der Waals surface area contributed by atoms with E-state index in [9.17, 15) is 34.2 Å². The molecule has 3 unspecified atom stereocenters. The summed E-state index contributed by atoms with van der Waals surface area (Å²) in [6.45, 7) is 11.0. The van der Waals surface area contributed by atoms with Crippen LogP contribution in [0, 0.1) is 32.6 Å². The molecule has 4 heterocycles. The molecule has 0 spiro atoms. The normalized spacial score (nSPS) is 18.9. The van der Waals surface area contributed by atoms with Crippen LogP contribution < -0.4 is 5.32 Å². The number of amides is 1. The third-order valence-electron chi connectivity index (χ3n) is 9.85. The Morgan fingerprint density at radius 1 is 0.915 bits per heavy atom. The Hall–Kier alpha value is -4.97. The summed E-state index contributed by atoms with van der Waals surface area (Å²) in [5.41, 5.74) is 9.23. The number of methoxy groups -OCH3 is 1. The van der Waals surface area contributed by atoms with Gasteiger partial charge in [0.1, 0.15) is 5.92 Å². The summed E-state index contributed by atoms with van der Waals surface area (Å²) >= 11 is 0. The molecule has 47 heavy (non-hydrogen) atoms. The Morgan fingerprint density at radius 2 is 1.60 bits per heavy atom. The lowest BCUT2D eigenvalue weighted by atomic mass is 9.87. The van der Waals surface area contributed by atoms with Crippen LogP contribution >= 0.6 is 0 Å². The number of hydrogen-bond acceptors (Lipinski definition) is 7. The molecule has 0 radical (unpaired) electrons. The number of nitrogens with one attached hydrogen (secondary N) is 4. The number of aliphatic hydroxyl groups is 1. The number of esters is 1. The highest BCUT2D eigenvalue weighted by molar-refractivity contribution is 6.14. The largest absolute Gasteiger partial charge is 0.481 e. The summed E-state index contributed by atoms with van der Waals surface area (Å²) in [6.07, 6.45) is 3.26. The summed E-state index contributed by atoms with van der Waals surface area (Å²) in [7, 11) is 1.23. The summed E-state index contributed by atoms with van der Waals surface area (Å²) in [4.78, 5) is 73.2. The van der Waals surface area contributed by atoms with Crippen LogP contribution in [0.3, 0.4) is 0 Å². The summed E-state index contributed by atoms with van der Waals surface area (Å²) in [6, 6.07) is 0. The zero-order valence-electron chi connectivity index (χ0n) is 27.2. The minimum atomic E-state index is -1.21. The number of rotatable bonds is 13. The molecular formula is C35H40N4O8. The molecule has 2 aliphatic rings. The van der Waals surface area contributed by atoms with Gasteiger partial charge in [0.15, 0.2) is 12.1 Å². The summed E-state index contributed by atoms with van der Waals surface area (Å²) < 4.78 is 5.12. The number of allylic oxidation sites excluding steroid dienone is 1. The highest BCUT2D eigenvalue weighted by atomic mass is 16.5. The molecule has 248 valence electrons. The van der Waals surface area contributed by atoms with Crippen LogP contribution in [0.4, 0.5) is 0 Å². The molecule has 5 rings (SSSR count). The van der Waals surface area contributed by atoms with Crippen molar-refractivity contribution in [3.05, 3.63) is 91.5 Å². The van der Waals surface area contributed by atoms with Crippen molar-refractivity contribution < 1.29 is 38.9 Å². The monoisotopic (exact) mass is 644 g/mol. The number of fused-ring (bicyclic) bond motifs is 1. The quantitative estimate of drug-likeness (QED) is 0.0705. The van der Waals surface area contributed by atoms with E-state index in [4.69, 9.17) is 4.74 Å². The van der Waals surface area contributed by atoms with Crippen LogP contribution in [-0.2, 0) is 44.8 Å². The Balaban J connectivity index is 1.65. The first-order chi connectivity index (χ1) is 22.4. The van der Waals surface area contributed by atoms with E-state index < -0.39 is 35.5 Å². The van der Waals surface area contributed by atoms with E-state index in [-0.39, 0.29) is 25.4 Å². The smallest absolute Gasteiger partial charge is 0.317 e. The van der Waals surface area contributed by atoms with Crippen molar-refractivity contribution in [2.75, 3.05) is 13.7 Å². The zero-order chi connectivity index (χ0) is 34.3. The van der Waals surface area contributed by atoms with E-state index in [1.165, 1.54) is 7.11 Å². The Kier molecular flexibility index (Phi) is 9.26. The maximum absolute atomic E-state index is 14.1. The third kappa shape index (κ3) is 5.67. The van der Waals surface area contributed by atoms with E-state index in [2.05, 4.69) is 26.8 Å². The van der Waals surface area contributed by atoms with Crippen molar-refractivity contribution in [3.63, 3.8) is 0 Å². The Labute approximate surface area is 271 Å². The van der Waals surface area contributed by atoms with Crippen molar-refractivity contribution in [1.29, 1.82) is 0 Å². The Bertz CT molecular complexity index is 1850. The minimum Gasteiger partial charge on any atom is -0.481 e. The number of Topliss-reactive ketones (excluding diaryl/α,β-unsaturated/α-hetero) is 1. The van der Waals surface area contributed by atoms with E-state index in [1.807, 2.05) is 20.8 Å². The van der Waals surface area contributed by atoms with Crippen LogP contribution in [-0.4, -0.2) is 68.8 Å². The van der Waals surface area contributed by atoms with Crippen molar-refractivity contribution in [3.8, 4) is 0 Å². The van der Waals surface area contributed by atoms with Gasteiger partial charge in [0.2, 0.25) is 5.91 Å². The summed E-state index contributed by atoms with van der Waals surface area (Å²) in [5, 5.41) is 22.2. The molecule has 0 saturated heterocycles. The fraction of sp³-hybridized carbons (Fsp3) is 0.400. The van der Waals surface area contributed by atoms with Crippen molar-refractivity contribution >= 4 is 29.9 Å². The molecule has 3 aromatic heterocycles. The number of carbonyl (C=O) groups excluding carboxylic acids is 4. The van der Waals surface area contributed by atoms with Crippen LogP contribution in [0.5, 0.6) is 0 Å².